The van der Waals surface area contributed by atoms with Crippen LogP contribution in [0, 0.1) is 11.3 Å². The van der Waals surface area contributed by atoms with Crippen molar-refractivity contribution in [2.24, 2.45) is 11.3 Å². The van der Waals surface area contributed by atoms with Gasteiger partial charge in [0, 0.05) is 48.8 Å². The predicted octanol–water partition coefficient (Wildman–Crippen LogP) is 4.09. The van der Waals surface area contributed by atoms with Crippen LogP contribution in [0.3, 0.4) is 0 Å². The molecule has 2 aliphatic rings. The largest absolute Gasteiger partial charge is 0.504 e. The number of Topliss-reactive ketones (excluding diaryl/α,β-unsaturated/α-hetero) is 2. The molecule has 0 aromatic carbocycles. The molecule has 2 amide bonds. The van der Waals surface area contributed by atoms with Gasteiger partial charge in [-0.1, -0.05) is 92.8 Å². The van der Waals surface area contributed by atoms with Gasteiger partial charge in [-0.25, -0.2) is 4.79 Å². The van der Waals surface area contributed by atoms with Crippen molar-refractivity contribution in [1.82, 2.24) is 10.6 Å². The summed E-state index contributed by atoms with van der Waals surface area (Å²) >= 11 is 1.17. The lowest BCUT2D eigenvalue weighted by molar-refractivity contribution is -0.140. The molecule has 4 atom stereocenters. The SMILES string of the molecule is CC(=O)N[C@@H](CSC1\C=C/C=C\C=C/C=CC(C)CNC(=O)\C=C/C=C\C=C/C2(C)CC(=O)C(O)=C2C(=O)C1)C(=O)O. The van der Waals surface area contributed by atoms with E-state index in [9.17, 15) is 34.2 Å². The van der Waals surface area contributed by atoms with Crippen LogP contribution in [0.15, 0.2) is 96.4 Å². The van der Waals surface area contributed by atoms with Crippen LogP contribution >= 0.6 is 11.8 Å². The molecule has 0 saturated carbocycles. The summed E-state index contributed by atoms with van der Waals surface area (Å²) in [6.45, 7) is 5.37. The maximum Gasteiger partial charge on any atom is 0.327 e. The topological polar surface area (TPSA) is 150 Å². The quantitative estimate of drug-likeness (QED) is 0.372. The van der Waals surface area contributed by atoms with E-state index in [1.807, 2.05) is 31.2 Å². The number of carbonyl (C=O) groups excluding carboxylic acids is 4. The van der Waals surface area contributed by atoms with Crippen molar-refractivity contribution < 1.29 is 34.2 Å². The number of hydrogen-bond donors (Lipinski definition) is 4. The molecule has 0 aromatic heterocycles. The first kappa shape index (κ1) is 34.0. The van der Waals surface area contributed by atoms with E-state index >= 15 is 0 Å². The Hall–Kier alpha value is -4.18. The van der Waals surface area contributed by atoms with Gasteiger partial charge in [0.25, 0.3) is 0 Å². The van der Waals surface area contributed by atoms with Crippen LogP contribution in [0.2, 0.25) is 0 Å². The third-order valence-electron chi connectivity index (χ3n) is 6.38. The average molecular weight is 595 g/mol. The number of carboxylic acid groups (broad SMARTS) is 1. The number of carbonyl (C=O) groups is 5. The second-order valence-electron chi connectivity index (χ2n) is 10.2. The summed E-state index contributed by atoms with van der Waals surface area (Å²) in [7, 11) is 0. The van der Waals surface area contributed by atoms with E-state index < -0.39 is 45.9 Å². The average Bonchev–Trinajstić information content (AvgIpc) is 3.14. The molecular weight excluding hydrogens is 556 g/mol. The van der Waals surface area contributed by atoms with E-state index in [0.717, 1.165) is 0 Å². The number of aliphatic hydroxyl groups excluding tert-OH is 1. The Morgan fingerprint density at radius 2 is 1.62 bits per heavy atom. The van der Waals surface area contributed by atoms with Crippen LogP contribution in [-0.2, 0) is 24.0 Å². The third kappa shape index (κ3) is 11.4. The Bertz CT molecular complexity index is 1290. The van der Waals surface area contributed by atoms with Crippen LogP contribution in [0.5, 0.6) is 0 Å². The smallest absolute Gasteiger partial charge is 0.327 e. The highest BCUT2D eigenvalue weighted by atomic mass is 32.2. The number of ketones is 2. The molecule has 10 heteroatoms. The molecule has 1 aliphatic carbocycles. The number of rotatable bonds is 5. The summed E-state index contributed by atoms with van der Waals surface area (Å²) in [6.07, 6.45) is 23.9. The molecule has 0 saturated heterocycles. The summed E-state index contributed by atoms with van der Waals surface area (Å²) in [4.78, 5) is 61.1. The van der Waals surface area contributed by atoms with Crippen LogP contribution in [0.4, 0.5) is 0 Å². The minimum absolute atomic E-state index is 0.000453. The lowest BCUT2D eigenvalue weighted by Crippen LogP contribution is -2.41. The molecule has 1 aliphatic heterocycles. The van der Waals surface area contributed by atoms with E-state index in [-0.39, 0.29) is 36.0 Å². The van der Waals surface area contributed by atoms with Gasteiger partial charge in [-0.3, -0.25) is 19.2 Å². The molecule has 224 valence electrons. The third-order valence-corrected chi connectivity index (χ3v) is 7.66. The van der Waals surface area contributed by atoms with Crippen LogP contribution in [0.25, 0.3) is 0 Å². The van der Waals surface area contributed by atoms with Gasteiger partial charge in [0.15, 0.2) is 17.3 Å². The first-order valence-electron chi connectivity index (χ1n) is 13.5. The highest BCUT2D eigenvalue weighted by molar-refractivity contribution is 8.00. The van der Waals surface area contributed by atoms with Gasteiger partial charge in [0.05, 0.1) is 5.57 Å². The number of aliphatic carboxylic acids is 1. The number of allylic oxidation sites excluding steroid dienone is 13. The summed E-state index contributed by atoms with van der Waals surface area (Å²) in [5.41, 5.74) is -1.05. The van der Waals surface area contributed by atoms with Gasteiger partial charge in [-0.2, -0.15) is 11.8 Å². The van der Waals surface area contributed by atoms with Crippen molar-refractivity contribution in [3.8, 4) is 0 Å². The zero-order valence-electron chi connectivity index (χ0n) is 24.0. The van der Waals surface area contributed by atoms with Gasteiger partial charge in [-0.05, 0) is 5.92 Å². The number of thioether (sulfide) groups is 1. The normalized spacial score (nSPS) is 29.5. The summed E-state index contributed by atoms with van der Waals surface area (Å²) in [5, 5.41) is 24.8. The highest BCUT2D eigenvalue weighted by Gasteiger charge is 2.44. The van der Waals surface area contributed by atoms with Gasteiger partial charge in [0.2, 0.25) is 11.8 Å². The van der Waals surface area contributed by atoms with Crippen molar-refractivity contribution in [2.45, 2.75) is 44.9 Å². The molecule has 3 unspecified atom stereocenters. The molecule has 0 fully saturated rings. The fourth-order valence-electron chi connectivity index (χ4n) is 4.24. The molecular formula is C32H38N2O7S. The summed E-state index contributed by atoms with van der Waals surface area (Å²) in [5.74, 6) is -3.35. The summed E-state index contributed by atoms with van der Waals surface area (Å²) < 4.78 is 0. The number of aliphatic hydroxyl groups is 1. The van der Waals surface area contributed by atoms with Crippen molar-refractivity contribution >= 4 is 41.1 Å². The maximum atomic E-state index is 13.5. The first-order valence-corrected chi connectivity index (χ1v) is 14.6. The molecule has 9 nitrogen and oxygen atoms in total. The molecule has 0 bridgehead atoms. The zero-order chi connectivity index (χ0) is 31.1. The molecule has 1 heterocycles. The molecule has 42 heavy (non-hydrogen) atoms. The second-order valence-corrected chi connectivity index (χ2v) is 11.5. The van der Waals surface area contributed by atoms with E-state index in [1.54, 1.807) is 61.6 Å². The van der Waals surface area contributed by atoms with E-state index in [1.165, 1.54) is 24.8 Å². The Morgan fingerprint density at radius 1 is 1.00 bits per heavy atom. The minimum Gasteiger partial charge on any atom is -0.504 e. The fourth-order valence-corrected chi connectivity index (χ4v) is 5.38. The van der Waals surface area contributed by atoms with Crippen LogP contribution in [-0.4, -0.2) is 63.2 Å². The standard InChI is InChI=1S/C32H38N2O7S/c1-22-14-10-6-4-5-7-11-15-24(42-21-25(31(40)41)34-23(2)35)18-26(36)29-30(39)27(37)19-32(29,3)17-13-9-8-12-16-28(38)33-20-22/h4-17,22,24-25,39H,18-21H2,1-3H3,(H,33,38)(H,34,35)(H,40,41)/b6-4-,7-5-,9-8-,14-10?,15-11-,16-12-,17-13-/t22?,24?,25-,32?/m0/s1. The monoisotopic (exact) mass is 594 g/mol. The van der Waals surface area contributed by atoms with Gasteiger partial charge in [0.1, 0.15) is 6.04 Å². The van der Waals surface area contributed by atoms with Crippen LogP contribution in [0.1, 0.15) is 33.6 Å². The molecule has 0 radical (unpaired) electrons. The van der Waals surface area contributed by atoms with Crippen LogP contribution < -0.4 is 10.6 Å². The van der Waals surface area contributed by atoms with E-state index in [2.05, 4.69) is 10.6 Å². The second kappa shape index (κ2) is 16.9. The van der Waals surface area contributed by atoms with Crippen molar-refractivity contribution in [3.05, 3.63) is 96.4 Å². The molecule has 2 rings (SSSR count). The number of fused-ring (bicyclic) bond motifs is 1. The zero-order valence-corrected chi connectivity index (χ0v) is 24.8. The lowest BCUT2D eigenvalue weighted by Gasteiger charge is -2.23. The Balaban J connectivity index is 2.39. The van der Waals surface area contributed by atoms with Gasteiger partial charge in [-0.15, -0.1) is 0 Å². The molecule has 4 N–H and O–H groups in total. The van der Waals surface area contributed by atoms with Crippen molar-refractivity contribution in [2.75, 3.05) is 12.3 Å². The van der Waals surface area contributed by atoms with E-state index in [0.29, 0.717) is 6.54 Å². The van der Waals surface area contributed by atoms with E-state index in [4.69, 9.17) is 0 Å². The van der Waals surface area contributed by atoms with Crippen molar-refractivity contribution in [3.63, 3.8) is 0 Å². The first-order chi connectivity index (χ1) is 19.9. The van der Waals surface area contributed by atoms with Gasteiger partial charge < -0.3 is 20.8 Å². The molecule has 0 spiro atoms. The lowest BCUT2D eigenvalue weighted by atomic mass is 9.80. The predicted molar refractivity (Wildman–Crippen MR) is 165 cm³/mol. The number of nitrogens with one attached hydrogen (secondary N) is 2. The Morgan fingerprint density at radius 3 is 2.29 bits per heavy atom. The summed E-state index contributed by atoms with van der Waals surface area (Å²) in [6, 6.07) is -1.15. The van der Waals surface area contributed by atoms with Gasteiger partial charge >= 0.3 is 5.97 Å². The highest BCUT2D eigenvalue weighted by Crippen LogP contribution is 2.43. The Labute approximate surface area is 250 Å². The number of hydrogen-bond acceptors (Lipinski definition) is 7. The van der Waals surface area contributed by atoms with Crippen molar-refractivity contribution in [1.29, 1.82) is 0 Å². The fraction of sp³-hybridized carbons (Fsp3) is 0.344. The minimum atomic E-state index is -1.20. The molecule has 0 aromatic rings. The Kier molecular flexibility index (Phi) is 13.7. The maximum absolute atomic E-state index is 13.5. The number of amides is 2. The number of carboxylic acids is 1.